The summed E-state index contributed by atoms with van der Waals surface area (Å²) in [5.74, 6) is 1.86. The van der Waals surface area contributed by atoms with Gasteiger partial charge in [0.1, 0.15) is 5.82 Å². The van der Waals surface area contributed by atoms with Gasteiger partial charge in [-0.3, -0.25) is 0 Å². The predicted octanol–water partition coefficient (Wildman–Crippen LogP) is 1.83. The molecule has 0 atom stereocenters. The molecule has 2 heterocycles. The number of aromatic nitrogens is 2. The molecule has 3 heteroatoms. The summed E-state index contributed by atoms with van der Waals surface area (Å²) in [6, 6.07) is 0. The SMILES string of the molecule is CCCc1ncc(C2CCNCC2)[nH]1. The van der Waals surface area contributed by atoms with E-state index >= 15 is 0 Å². The van der Waals surface area contributed by atoms with Crippen molar-refractivity contribution < 1.29 is 0 Å². The summed E-state index contributed by atoms with van der Waals surface area (Å²) in [7, 11) is 0. The zero-order chi connectivity index (χ0) is 9.80. The molecular weight excluding hydrogens is 174 g/mol. The molecule has 2 rings (SSSR count). The largest absolute Gasteiger partial charge is 0.346 e. The molecule has 1 aromatic heterocycles. The first-order valence-corrected chi connectivity index (χ1v) is 5.64. The fourth-order valence-electron chi connectivity index (χ4n) is 2.08. The Labute approximate surface area is 85.3 Å². The fourth-order valence-corrected chi connectivity index (χ4v) is 2.08. The smallest absolute Gasteiger partial charge is 0.106 e. The zero-order valence-electron chi connectivity index (χ0n) is 8.84. The minimum absolute atomic E-state index is 0.703. The van der Waals surface area contributed by atoms with Gasteiger partial charge in [-0.2, -0.15) is 0 Å². The molecule has 0 amide bonds. The molecule has 1 fully saturated rings. The quantitative estimate of drug-likeness (QED) is 0.769. The number of nitrogens with zero attached hydrogens (tertiary/aromatic N) is 1. The Morgan fingerprint density at radius 2 is 2.21 bits per heavy atom. The van der Waals surface area contributed by atoms with Crippen molar-refractivity contribution in [1.82, 2.24) is 15.3 Å². The second-order valence-corrected chi connectivity index (χ2v) is 4.06. The molecule has 0 unspecified atom stereocenters. The van der Waals surface area contributed by atoms with Gasteiger partial charge in [0.2, 0.25) is 0 Å². The number of aromatic amines is 1. The number of aryl methyl sites for hydroxylation is 1. The standard InChI is InChI=1S/C11H19N3/c1-2-3-11-13-8-10(14-11)9-4-6-12-7-5-9/h8-9,12H,2-7H2,1H3,(H,13,14). The molecule has 1 aliphatic heterocycles. The van der Waals surface area contributed by atoms with E-state index in [2.05, 4.69) is 22.2 Å². The van der Waals surface area contributed by atoms with Gasteiger partial charge in [-0.15, -0.1) is 0 Å². The van der Waals surface area contributed by atoms with Crippen LogP contribution in [0.15, 0.2) is 6.20 Å². The average molecular weight is 193 g/mol. The number of imidazole rings is 1. The van der Waals surface area contributed by atoms with E-state index in [9.17, 15) is 0 Å². The van der Waals surface area contributed by atoms with Gasteiger partial charge in [-0.05, 0) is 32.4 Å². The van der Waals surface area contributed by atoms with Crippen LogP contribution in [0, 0.1) is 0 Å². The van der Waals surface area contributed by atoms with Crippen LogP contribution in [0.25, 0.3) is 0 Å². The summed E-state index contributed by atoms with van der Waals surface area (Å²) < 4.78 is 0. The van der Waals surface area contributed by atoms with E-state index in [-0.39, 0.29) is 0 Å². The van der Waals surface area contributed by atoms with Gasteiger partial charge >= 0.3 is 0 Å². The molecule has 14 heavy (non-hydrogen) atoms. The van der Waals surface area contributed by atoms with Crippen molar-refractivity contribution in [2.24, 2.45) is 0 Å². The normalized spacial score (nSPS) is 18.6. The van der Waals surface area contributed by atoms with Crippen molar-refractivity contribution in [2.45, 2.75) is 38.5 Å². The van der Waals surface area contributed by atoms with Gasteiger partial charge < -0.3 is 10.3 Å². The minimum atomic E-state index is 0.703. The molecule has 2 N–H and O–H groups in total. The third kappa shape index (κ3) is 2.15. The zero-order valence-corrected chi connectivity index (χ0v) is 8.84. The lowest BCUT2D eigenvalue weighted by molar-refractivity contribution is 0.454. The summed E-state index contributed by atoms with van der Waals surface area (Å²) >= 11 is 0. The highest BCUT2D eigenvalue weighted by Gasteiger charge is 2.16. The molecule has 0 radical (unpaired) electrons. The van der Waals surface area contributed by atoms with Gasteiger partial charge in [-0.25, -0.2) is 4.98 Å². The van der Waals surface area contributed by atoms with Crippen LogP contribution in [0.4, 0.5) is 0 Å². The minimum Gasteiger partial charge on any atom is -0.346 e. The maximum atomic E-state index is 4.41. The Kier molecular flexibility index (Phi) is 3.19. The lowest BCUT2D eigenvalue weighted by atomic mass is 9.95. The van der Waals surface area contributed by atoms with Gasteiger partial charge in [0.15, 0.2) is 0 Å². The first-order valence-electron chi connectivity index (χ1n) is 5.64. The first-order chi connectivity index (χ1) is 6.90. The van der Waals surface area contributed by atoms with Gasteiger partial charge in [-0.1, -0.05) is 6.92 Å². The van der Waals surface area contributed by atoms with E-state index in [0.29, 0.717) is 5.92 Å². The van der Waals surface area contributed by atoms with E-state index in [1.54, 1.807) is 0 Å². The molecular formula is C11H19N3. The number of hydrogen-bond acceptors (Lipinski definition) is 2. The summed E-state index contributed by atoms with van der Waals surface area (Å²) in [5, 5.41) is 3.38. The second-order valence-electron chi connectivity index (χ2n) is 4.06. The van der Waals surface area contributed by atoms with Crippen LogP contribution in [0.1, 0.15) is 43.6 Å². The lowest BCUT2D eigenvalue weighted by Gasteiger charge is -2.21. The Balaban J connectivity index is 2.00. The van der Waals surface area contributed by atoms with E-state index in [1.807, 2.05) is 6.20 Å². The third-order valence-electron chi connectivity index (χ3n) is 2.91. The highest BCUT2D eigenvalue weighted by molar-refractivity contribution is 5.08. The Morgan fingerprint density at radius 1 is 1.43 bits per heavy atom. The number of H-pyrrole nitrogens is 1. The molecule has 0 aliphatic carbocycles. The van der Waals surface area contributed by atoms with Crippen molar-refractivity contribution in [2.75, 3.05) is 13.1 Å². The van der Waals surface area contributed by atoms with Crippen LogP contribution in [0.5, 0.6) is 0 Å². The van der Waals surface area contributed by atoms with Crippen LogP contribution in [0.2, 0.25) is 0 Å². The molecule has 1 aliphatic rings. The van der Waals surface area contributed by atoms with Crippen molar-refractivity contribution in [3.8, 4) is 0 Å². The molecule has 3 nitrogen and oxygen atoms in total. The highest BCUT2D eigenvalue weighted by Crippen LogP contribution is 2.23. The monoisotopic (exact) mass is 193 g/mol. The van der Waals surface area contributed by atoms with Gasteiger partial charge in [0.05, 0.1) is 0 Å². The lowest BCUT2D eigenvalue weighted by Crippen LogP contribution is -2.26. The first kappa shape index (κ1) is 9.71. The van der Waals surface area contributed by atoms with Gasteiger partial charge in [0, 0.05) is 24.2 Å². The number of piperidine rings is 1. The fraction of sp³-hybridized carbons (Fsp3) is 0.727. The van der Waals surface area contributed by atoms with Crippen LogP contribution in [-0.2, 0) is 6.42 Å². The number of hydrogen-bond donors (Lipinski definition) is 2. The predicted molar refractivity (Wildman–Crippen MR) is 57.4 cm³/mol. The van der Waals surface area contributed by atoms with Crippen LogP contribution in [-0.4, -0.2) is 23.1 Å². The van der Waals surface area contributed by atoms with Crippen molar-refractivity contribution in [3.05, 3.63) is 17.7 Å². The summed E-state index contributed by atoms with van der Waals surface area (Å²) in [4.78, 5) is 7.85. The Morgan fingerprint density at radius 3 is 2.93 bits per heavy atom. The van der Waals surface area contributed by atoms with Crippen molar-refractivity contribution in [1.29, 1.82) is 0 Å². The second kappa shape index (κ2) is 4.60. The molecule has 1 aromatic rings. The Bertz CT molecular complexity index is 274. The van der Waals surface area contributed by atoms with Crippen LogP contribution in [0.3, 0.4) is 0 Å². The maximum absolute atomic E-state index is 4.41. The van der Waals surface area contributed by atoms with Crippen LogP contribution < -0.4 is 5.32 Å². The summed E-state index contributed by atoms with van der Waals surface area (Å²) in [6.45, 7) is 4.48. The maximum Gasteiger partial charge on any atom is 0.106 e. The van der Waals surface area contributed by atoms with E-state index in [4.69, 9.17) is 0 Å². The van der Waals surface area contributed by atoms with E-state index < -0.39 is 0 Å². The molecule has 0 bridgehead atoms. The highest BCUT2D eigenvalue weighted by atomic mass is 14.9. The summed E-state index contributed by atoms with van der Waals surface area (Å²) in [6.07, 6.45) is 6.76. The number of nitrogens with one attached hydrogen (secondary N) is 2. The van der Waals surface area contributed by atoms with Crippen molar-refractivity contribution >= 4 is 0 Å². The van der Waals surface area contributed by atoms with Crippen molar-refractivity contribution in [3.63, 3.8) is 0 Å². The molecule has 78 valence electrons. The molecule has 0 saturated carbocycles. The van der Waals surface area contributed by atoms with E-state index in [0.717, 1.165) is 25.3 Å². The topological polar surface area (TPSA) is 40.7 Å². The molecule has 1 saturated heterocycles. The molecule has 0 spiro atoms. The van der Waals surface area contributed by atoms with E-state index in [1.165, 1.54) is 25.0 Å². The van der Waals surface area contributed by atoms with Crippen LogP contribution >= 0.6 is 0 Å². The average Bonchev–Trinajstić information content (AvgIpc) is 2.68. The Hall–Kier alpha value is -0.830. The summed E-state index contributed by atoms with van der Waals surface area (Å²) in [5.41, 5.74) is 1.34. The third-order valence-corrected chi connectivity index (χ3v) is 2.91. The molecule has 0 aromatic carbocycles. The number of rotatable bonds is 3. The van der Waals surface area contributed by atoms with Gasteiger partial charge in [0.25, 0.3) is 0 Å².